The largest absolute Gasteiger partial charge is 0.494 e. The predicted octanol–water partition coefficient (Wildman–Crippen LogP) is 3.28. The maximum atomic E-state index is 12.9. The Bertz CT molecular complexity index is 1360. The summed E-state index contributed by atoms with van der Waals surface area (Å²) in [7, 11) is -1.85. The van der Waals surface area contributed by atoms with Crippen molar-refractivity contribution in [3.63, 3.8) is 0 Å². The van der Waals surface area contributed by atoms with Crippen LogP contribution in [0.15, 0.2) is 47.4 Å². The number of nitrogens with zero attached hydrogens (tertiary/aromatic N) is 4. The van der Waals surface area contributed by atoms with Gasteiger partial charge in [0.15, 0.2) is 5.13 Å². The van der Waals surface area contributed by atoms with E-state index in [4.69, 9.17) is 9.72 Å². The van der Waals surface area contributed by atoms with Gasteiger partial charge in [-0.15, -0.1) is 0 Å². The van der Waals surface area contributed by atoms with Crippen LogP contribution in [-0.2, 0) is 10.0 Å². The first-order chi connectivity index (χ1) is 18.3. The summed E-state index contributed by atoms with van der Waals surface area (Å²) in [5.74, 6) is 1.16. The molecule has 9 nitrogen and oxygen atoms in total. The summed E-state index contributed by atoms with van der Waals surface area (Å²) in [5.41, 5.74) is 1.37. The van der Waals surface area contributed by atoms with Crippen LogP contribution in [0.1, 0.15) is 30.1 Å². The molecule has 1 amide bonds. The molecule has 0 saturated carbocycles. The Hall–Kier alpha value is -2.73. The number of aromatic nitrogens is 1. The highest BCUT2D eigenvalue weighted by atomic mass is 32.2. The molecule has 1 aromatic heterocycles. The molecule has 2 aromatic carbocycles. The van der Waals surface area contributed by atoms with Gasteiger partial charge in [-0.05, 0) is 55.2 Å². The normalized spacial score (nSPS) is 18.1. The molecular weight excluding hydrogens is 522 g/mol. The van der Waals surface area contributed by atoms with Crippen molar-refractivity contribution in [3.8, 4) is 5.75 Å². The maximum Gasteiger partial charge on any atom is 0.251 e. The number of carbonyl (C=O) groups is 1. The van der Waals surface area contributed by atoms with Gasteiger partial charge in [0.05, 0.1) is 16.7 Å². The van der Waals surface area contributed by atoms with E-state index in [9.17, 15) is 13.2 Å². The minimum atomic E-state index is -3.51. The van der Waals surface area contributed by atoms with Gasteiger partial charge < -0.3 is 15.0 Å². The Morgan fingerprint density at radius 3 is 2.45 bits per heavy atom. The molecule has 204 valence electrons. The molecular formula is C27H35N5O4S2. The van der Waals surface area contributed by atoms with Crippen LogP contribution < -0.4 is 15.0 Å². The van der Waals surface area contributed by atoms with Crippen LogP contribution in [0.25, 0.3) is 10.2 Å². The molecule has 2 fully saturated rings. The van der Waals surface area contributed by atoms with Gasteiger partial charge in [-0.1, -0.05) is 24.3 Å². The second kappa shape index (κ2) is 11.6. The summed E-state index contributed by atoms with van der Waals surface area (Å²) in [6.45, 7) is 8.08. The lowest BCUT2D eigenvalue weighted by atomic mass is 10.0. The molecule has 0 atom stereocenters. The van der Waals surface area contributed by atoms with Gasteiger partial charge in [0.1, 0.15) is 11.3 Å². The van der Waals surface area contributed by atoms with E-state index >= 15 is 0 Å². The summed E-state index contributed by atoms with van der Waals surface area (Å²) < 4.78 is 34.0. The van der Waals surface area contributed by atoms with Crippen LogP contribution in [-0.4, -0.2) is 88.0 Å². The summed E-state index contributed by atoms with van der Waals surface area (Å²) in [4.78, 5) is 22.3. The highest BCUT2D eigenvalue weighted by molar-refractivity contribution is 7.89. The van der Waals surface area contributed by atoms with Crippen molar-refractivity contribution in [1.82, 2.24) is 19.5 Å². The Balaban J connectivity index is 1.08. The van der Waals surface area contributed by atoms with E-state index < -0.39 is 10.0 Å². The third kappa shape index (κ3) is 5.80. The van der Waals surface area contributed by atoms with E-state index in [1.807, 2.05) is 12.1 Å². The fourth-order valence-corrected chi connectivity index (χ4v) is 7.46. The quantitative estimate of drug-likeness (QED) is 0.454. The number of fused-ring (bicyclic) bond motifs is 1. The Labute approximate surface area is 228 Å². The van der Waals surface area contributed by atoms with E-state index in [1.165, 1.54) is 0 Å². The lowest BCUT2D eigenvalue weighted by Crippen LogP contribution is -2.48. The number of rotatable bonds is 8. The smallest absolute Gasteiger partial charge is 0.251 e. The molecule has 3 heterocycles. The topological polar surface area (TPSA) is 95.1 Å². The first-order valence-corrected chi connectivity index (χ1v) is 15.4. The first kappa shape index (κ1) is 26.9. The van der Waals surface area contributed by atoms with E-state index in [0.717, 1.165) is 66.7 Å². The molecule has 38 heavy (non-hydrogen) atoms. The van der Waals surface area contributed by atoms with E-state index in [-0.39, 0.29) is 10.8 Å². The first-order valence-electron chi connectivity index (χ1n) is 13.1. The number of thiazole rings is 1. The zero-order valence-electron chi connectivity index (χ0n) is 21.9. The zero-order valence-corrected chi connectivity index (χ0v) is 23.6. The van der Waals surface area contributed by atoms with Crippen molar-refractivity contribution in [1.29, 1.82) is 0 Å². The molecule has 3 aromatic rings. The van der Waals surface area contributed by atoms with Gasteiger partial charge in [-0.3, -0.25) is 9.69 Å². The number of piperidine rings is 1. The highest BCUT2D eigenvalue weighted by Crippen LogP contribution is 2.34. The number of methoxy groups -OCH3 is 1. The molecule has 0 spiro atoms. The van der Waals surface area contributed by atoms with Gasteiger partial charge >= 0.3 is 0 Å². The number of nitrogens with one attached hydrogen (secondary N) is 1. The number of anilines is 1. The zero-order chi connectivity index (χ0) is 26.7. The van der Waals surface area contributed by atoms with Gasteiger partial charge in [0.2, 0.25) is 10.0 Å². The predicted molar refractivity (Wildman–Crippen MR) is 151 cm³/mol. The number of carbonyl (C=O) groups excluding carboxylic acids is 1. The number of amides is 1. The Morgan fingerprint density at radius 2 is 1.76 bits per heavy atom. The minimum absolute atomic E-state index is 0.192. The third-order valence-electron chi connectivity index (χ3n) is 7.44. The number of hydrogen-bond donors (Lipinski definition) is 1. The van der Waals surface area contributed by atoms with Crippen LogP contribution in [0.2, 0.25) is 0 Å². The summed E-state index contributed by atoms with van der Waals surface area (Å²) >= 11 is 1.68. The molecule has 5 rings (SSSR count). The molecule has 0 radical (unpaired) electrons. The molecule has 0 aliphatic carbocycles. The van der Waals surface area contributed by atoms with Gasteiger partial charge in [0.25, 0.3) is 5.91 Å². The summed E-state index contributed by atoms with van der Waals surface area (Å²) in [5, 5.41) is 3.98. The third-order valence-corrected chi connectivity index (χ3v) is 10.4. The number of sulfonamides is 1. The second-order valence-electron chi connectivity index (χ2n) is 10.00. The van der Waals surface area contributed by atoms with Gasteiger partial charge in [0, 0.05) is 57.9 Å². The average Bonchev–Trinajstić information content (AvgIpc) is 3.38. The number of para-hydroxylation sites is 1. The van der Waals surface area contributed by atoms with Crippen LogP contribution in [0.3, 0.4) is 0 Å². The van der Waals surface area contributed by atoms with E-state index in [2.05, 4.69) is 28.1 Å². The minimum Gasteiger partial charge on any atom is -0.494 e. The summed E-state index contributed by atoms with van der Waals surface area (Å²) in [6.07, 6.45) is 1.76. The highest BCUT2D eigenvalue weighted by Gasteiger charge is 2.28. The lowest BCUT2D eigenvalue weighted by Gasteiger charge is -2.34. The van der Waals surface area contributed by atoms with Gasteiger partial charge in [-0.2, -0.15) is 4.31 Å². The van der Waals surface area contributed by atoms with E-state index in [1.54, 1.807) is 47.0 Å². The van der Waals surface area contributed by atoms with Crippen molar-refractivity contribution in [2.75, 3.05) is 64.4 Å². The fraction of sp³-hybridized carbons (Fsp3) is 0.481. The number of piperazine rings is 1. The van der Waals surface area contributed by atoms with Crippen molar-refractivity contribution in [2.24, 2.45) is 5.92 Å². The summed E-state index contributed by atoms with van der Waals surface area (Å²) in [6, 6.07) is 12.3. The van der Waals surface area contributed by atoms with Crippen LogP contribution in [0.4, 0.5) is 5.13 Å². The van der Waals surface area contributed by atoms with Crippen molar-refractivity contribution < 1.29 is 17.9 Å². The Kier molecular flexibility index (Phi) is 8.18. The maximum absolute atomic E-state index is 12.9. The van der Waals surface area contributed by atoms with Gasteiger partial charge in [-0.25, -0.2) is 13.4 Å². The molecule has 0 unspecified atom stereocenters. The molecule has 11 heteroatoms. The molecule has 2 aliphatic rings. The van der Waals surface area contributed by atoms with Crippen molar-refractivity contribution in [3.05, 3.63) is 48.0 Å². The monoisotopic (exact) mass is 557 g/mol. The van der Waals surface area contributed by atoms with Crippen molar-refractivity contribution in [2.45, 2.75) is 24.7 Å². The number of ether oxygens (including phenoxy) is 1. The fourth-order valence-electron chi connectivity index (χ4n) is 4.96. The number of benzene rings is 2. The molecule has 1 N–H and O–H groups in total. The lowest BCUT2D eigenvalue weighted by molar-refractivity contribution is 0.0947. The second-order valence-corrected chi connectivity index (χ2v) is 12.9. The molecule has 2 aliphatic heterocycles. The molecule has 2 saturated heterocycles. The Morgan fingerprint density at radius 1 is 1.05 bits per heavy atom. The van der Waals surface area contributed by atoms with Crippen LogP contribution in [0.5, 0.6) is 5.75 Å². The standard InChI is InChI=1S/C27H35N5O4S2/c1-20-10-13-32(14-11-20)38(34,35)22-8-6-21(7-9-22)26(33)28-12-15-30-16-18-31(19-17-30)27-29-25-23(36-2)4-3-5-24(25)37-27/h3-9,20H,10-19H2,1-2H3,(H,28,33). The van der Waals surface area contributed by atoms with Crippen LogP contribution in [0, 0.1) is 5.92 Å². The van der Waals surface area contributed by atoms with E-state index in [0.29, 0.717) is 31.1 Å². The average molecular weight is 558 g/mol. The van der Waals surface area contributed by atoms with Crippen molar-refractivity contribution >= 4 is 42.6 Å². The number of hydrogen-bond acceptors (Lipinski definition) is 8. The molecule has 0 bridgehead atoms. The SMILES string of the molecule is COc1cccc2sc(N3CCN(CCNC(=O)c4ccc(S(=O)(=O)N5CCC(C)CC5)cc4)CC3)nc12. The van der Waals surface area contributed by atoms with Crippen LogP contribution >= 0.6 is 11.3 Å².